The molecule has 0 amide bonds. The Morgan fingerprint density at radius 1 is 0.643 bits per heavy atom. The summed E-state index contributed by atoms with van der Waals surface area (Å²) in [4.78, 5) is 0. The first-order valence-corrected chi connectivity index (χ1v) is 13.3. The maximum atomic E-state index is 2.75. The van der Waals surface area contributed by atoms with Gasteiger partial charge in [0.05, 0.1) is 11.3 Å². The van der Waals surface area contributed by atoms with Crippen molar-refractivity contribution in [1.82, 2.24) is 4.67 Å². The highest BCUT2D eigenvalue weighted by Crippen LogP contribution is 2.73. The third kappa shape index (κ3) is 3.69. The van der Waals surface area contributed by atoms with E-state index in [-0.39, 0.29) is 0 Å². The Labute approximate surface area is 172 Å². The van der Waals surface area contributed by atoms with Gasteiger partial charge in [-0.1, -0.05) is 61.4 Å². The van der Waals surface area contributed by atoms with Gasteiger partial charge in [0.15, 0.2) is 0 Å². The van der Waals surface area contributed by atoms with Crippen molar-refractivity contribution in [2.24, 2.45) is 0 Å². The molecule has 4 rings (SSSR count). The zero-order chi connectivity index (χ0) is 19.4. The molecule has 2 aromatic rings. The first-order valence-electron chi connectivity index (χ1n) is 11.5. The molecule has 0 N–H and O–H groups in total. The fourth-order valence-corrected chi connectivity index (χ4v) is 12.5. The Morgan fingerprint density at radius 2 is 1.14 bits per heavy atom. The summed E-state index contributed by atoms with van der Waals surface area (Å²) >= 11 is 0. The van der Waals surface area contributed by atoms with Crippen molar-refractivity contribution < 1.29 is 0 Å². The lowest BCUT2D eigenvalue weighted by molar-refractivity contribution is 0.457. The summed E-state index contributed by atoms with van der Waals surface area (Å²) in [6.45, 7) is 0. The fourth-order valence-electron chi connectivity index (χ4n) is 6.16. The van der Waals surface area contributed by atoms with Crippen LogP contribution in [0, 0.1) is 0 Å². The molecule has 2 aromatic carbocycles. The largest absolute Gasteiger partial charge is 0.181 e. The molecule has 0 aliphatic heterocycles. The number of nitrogens with zero attached hydrogens (tertiary/aromatic N) is 1. The van der Waals surface area contributed by atoms with Gasteiger partial charge in [-0.15, -0.1) is 0 Å². The van der Waals surface area contributed by atoms with E-state index >= 15 is 0 Å². The molecule has 0 bridgehead atoms. The van der Waals surface area contributed by atoms with Crippen LogP contribution in [0.25, 0.3) is 11.1 Å². The molecule has 0 aromatic heterocycles. The van der Waals surface area contributed by atoms with Crippen molar-refractivity contribution in [2.45, 2.75) is 75.5 Å². The average molecular weight is 395 g/mol. The Hall–Kier alpha value is -1.17. The molecule has 0 spiro atoms. The number of hydrogen-bond donors (Lipinski definition) is 0. The molecule has 0 saturated heterocycles. The van der Waals surface area contributed by atoms with Gasteiger partial charge in [0.2, 0.25) is 0 Å². The summed E-state index contributed by atoms with van der Waals surface area (Å²) in [5.74, 6) is 0. The Morgan fingerprint density at radius 3 is 1.68 bits per heavy atom. The minimum Gasteiger partial charge on any atom is -0.181 e. The van der Waals surface area contributed by atoms with Gasteiger partial charge in [-0.25, -0.2) is 0 Å². The van der Waals surface area contributed by atoms with Gasteiger partial charge in [0, 0.05) is 19.7 Å². The minimum atomic E-state index is -1.44. The second-order valence-electron chi connectivity index (χ2n) is 9.05. The van der Waals surface area contributed by atoms with Crippen molar-refractivity contribution in [3.05, 3.63) is 54.6 Å². The second-order valence-corrected chi connectivity index (χ2v) is 13.3. The lowest BCUT2D eigenvalue weighted by Crippen LogP contribution is -2.42. The van der Waals surface area contributed by atoms with Crippen LogP contribution < -0.4 is 5.30 Å². The highest BCUT2D eigenvalue weighted by molar-refractivity contribution is 7.82. The smallest absolute Gasteiger partial charge is 0.122 e. The van der Waals surface area contributed by atoms with E-state index in [1.54, 1.807) is 5.30 Å². The van der Waals surface area contributed by atoms with E-state index in [0.717, 1.165) is 11.3 Å². The summed E-state index contributed by atoms with van der Waals surface area (Å²) < 4.78 is 2.75. The molecule has 0 atom stereocenters. The first-order chi connectivity index (χ1) is 13.7. The van der Waals surface area contributed by atoms with Crippen molar-refractivity contribution in [3.63, 3.8) is 0 Å². The first kappa shape index (κ1) is 20.1. The maximum absolute atomic E-state index is 2.75. The quantitative estimate of drug-likeness (QED) is 0.487. The standard InChI is InChI=1S/C26H37NP/c1-27(2)28(23-16-8-4-9-17-23,24-18-10-5-11-19-24)26-21-13-12-20-25(26)22-14-6-3-7-15-22/h3,6-7,12-15,20-21,23-24H,4-5,8-11,16-19H2,1-2H3/q+1. The molecule has 28 heavy (non-hydrogen) atoms. The van der Waals surface area contributed by atoms with E-state index < -0.39 is 7.41 Å². The normalized spacial score (nSPS) is 19.8. The van der Waals surface area contributed by atoms with Crippen LogP contribution in [0.4, 0.5) is 0 Å². The van der Waals surface area contributed by atoms with E-state index in [1.807, 2.05) is 0 Å². The predicted molar refractivity (Wildman–Crippen MR) is 126 cm³/mol. The van der Waals surface area contributed by atoms with E-state index in [2.05, 4.69) is 73.4 Å². The molecular formula is C26H37NP+. The Kier molecular flexibility index (Phi) is 6.54. The molecule has 150 valence electrons. The molecule has 0 radical (unpaired) electrons. The van der Waals surface area contributed by atoms with Gasteiger partial charge in [0.1, 0.15) is 12.7 Å². The van der Waals surface area contributed by atoms with Crippen LogP contribution in [-0.4, -0.2) is 30.1 Å². The van der Waals surface area contributed by atoms with E-state index in [9.17, 15) is 0 Å². The SMILES string of the molecule is CN(C)[P+](c1ccccc1-c1ccccc1)(C1CCCCC1)C1CCCCC1. The van der Waals surface area contributed by atoms with E-state index in [0.29, 0.717) is 0 Å². The third-order valence-corrected chi connectivity index (χ3v) is 13.0. The predicted octanol–water partition coefficient (Wildman–Crippen LogP) is 7.14. The van der Waals surface area contributed by atoms with Crippen molar-refractivity contribution in [3.8, 4) is 11.1 Å². The summed E-state index contributed by atoms with van der Waals surface area (Å²) in [5.41, 5.74) is 4.66. The zero-order valence-electron chi connectivity index (χ0n) is 17.8. The van der Waals surface area contributed by atoms with Crippen LogP contribution in [0.5, 0.6) is 0 Å². The number of rotatable bonds is 5. The van der Waals surface area contributed by atoms with Gasteiger partial charge in [0.25, 0.3) is 0 Å². The maximum Gasteiger partial charge on any atom is 0.122 e. The van der Waals surface area contributed by atoms with E-state index in [4.69, 9.17) is 0 Å². The highest BCUT2D eigenvalue weighted by Gasteiger charge is 2.57. The molecular weight excluding hydrogens is 357 g/mol. The average Bonchev–Trinajstić information content (AvgIpc) is 2.77. The number of benzene rings is 2. The molecule has 1 nitrogen and oxygen atoms in total. The van der Waals surface area contributed by atoms with Gasteiger partial charge in [-0.2, -0.15) is 4.67 Å². The molecule has 2 fully saturated rings. The fraction of sp³-hybridized carbons (Fsp3) is 0.538. The van der Waals surface area contributed by atoms with Crippen LogP contribution in [-0.2, 0) is 0 Å². The van der Waals surface area contributed by atoms with Crippen LogP contribution in [0.2, 0.25) is 0 Å². The van der Waals surface area contributed by atoms with Crippen LogP contribution in [0.3, 0.4) is 0 Å². The zero-order valence-corrected chi connectivity index (χ0v) is 18.7. The topological polar surface area (TPSA) is 3.24 Å². The molecule has 2 aliphatic rings. The van der Waals surface area contributed by atoms with Crippen molar-refractivity contribution in [2.75, 3.05) is 14.1 Å². The molecule has 0 heterocycles. The van der Waals surface area contributed by atoms with Gasteiger partial charge >= 0.3 is 0 Å². The van der Waals surface area contributed by atoms with Crippen LogP contribution in [0.1, 0.15) is 64.2 Å². The summed E-state index contributed by atoms with van der Waals surface area (Å²) in [6.07, 6.45) is 14.3. The molecule has 0 unspecified atom stereocenters. The lowest BCUT2D eigenvalue weighted by atomic mass is 9.99. The van der Waals surface area contributed by atoms with Gasteiger partial charge in [-0.3, -0.25) is 0 Å². The van der Waals surface area contributed by atoms with Crippen LogP contribution >= 0.6 is 7.41 Å². The van der Waals surface area contributed by atoms with Crippen LogP contribution in [0.15, 0.2) is 54.6 Å². The lowest BCUT2D eigenvalue weighted by Gasteiger charge is -2.46. The highest BCUT2D eigenvalue weighted by atomic mass is 31.2. The Balaban J connectivity index is 1.90. The molecule has 2 aliphatic carbocycles. The Bertz CT molecular complexity index is 724. The van der Waals surface area contributed by atoms with Crippen molar-refractivity contribution in [1.29, 1.82) is 0 Å². The molecule has 2 saturated carbocycles. The van der Waals surface area contributed by atoms with E-state index in [1.165, 1.54) is 75.3 Å². The molecule has 2 heteroatoms. The van der Waals surface area contributed by atoms with Crippen molar-refractivity contribution >= 4 is 12.7 Å². The van der Waals surface area contributed by atoms with Gasteiger partial charge in [-0.05, 0) is 63.0 Å². The third-order valence-electron chi connectivity index (χ3n) is 7.30. The summed E-state index contributed by atoms with van der Waals surface area (Å²) in [5, 5.41) is 1.70. The summed E-state index contributed by atoms with van der Waals surface area (Å²) in [6, 6.07) is 20.6. The van der Waals surface area contributed by atoms with Gasteiger partial charge < -0.3 is 0 Å². The second kappa shape index (κ2) is 9.10. The summed E-state index contributed by atoms with van der Waals surface area (Å²) in [7, 11) is 3.39. The monoisotopic (exact) mass is 394 g/mol. The minimum absolute atomic E-state index is 0.879. The number of hydrogen-bond acceptors (Lipinski definition) is 1.